The molecule has 0 aliphatic heterocycles. The van der Waals surface area contributed by atoms with Gasteiger partial charge in [-0.2, -0.15) is 0 Å². The van der Waals surface area contributed by atoms with Crippen LogP contribution in [-0.2, 0) is 6.54 Å². The highest BCUT2D eigenvalue weighted by Gasteiger charge is 2.21. The van der Waals surface area contributed by atoms with E-state index in [9.17, 15) is 10.2 Å². The van der Waals surface area contributed by atoms with Gasteiger partial charge in [0.25, 0.3) is 0 Å². The van der Waals surface area contributed by atoms with Crippen LogP contribution in [0.25, 0.3) is 10.8 Å². The second-order valence-electron chi connectivity index (χ2n) is 5.98. The molecule has 1 aliphatic carbocycles. The van der Waals surface area contributed by atoms with Crippen LogP contribution in [0.2, 0.25) is 0 Å². The number of rotatable bonds is 3. The number of fused-ring (bicyclic) bond motifs is 1. The van der Waals surface area contributed by atoms with Crippen LogP contribution in [0.4, 0.5) is 0 Å². The first-order valence-corrected chi connectivity index (χ1v) is 7.87. The Labute approximate surface area is 125 Å². The average Bonchev–Trinajstić information content (AvgIpc) is 2.71. The Kier molecular flexibility index (Phi) is 4.42. The maximum atomic E-state index is 10.2. The molecule has 0 radical (unpaired) electrons. The average molecular weight is 285 g/mol. The van der Waals surface area contributed by atoms with Crippen molar-refractivity contribution < 1.29 is 10.2 Å². The van der Waals surface area contributed by atoms with Gasteiger partial charge in [0.1, 0.15) is 5.75 Å². The molecule has 0 heterocycles. The minimum atomic E-state index is -0.274. The van der Waals surface area contributed by atoms with Gasteiger partial charge in [-0.25, -0.2) is 0 Å². The lowest BCUT2D eigenvalue weighted by Gasteiger charge is -2.22. The van der Waals surface area contributed by atoms with Crippen LogP contribution < -0.4 is 5.32 Å². The van der Waals surface area contributed by atoms with E-state index < -0.39 is 0 Å². The van der Waals surface area contributed by atoms with Gasteiger partial charge in [-0.3, -0.25) is 0 Å². The zero-order valence-corrected chi connectivity index (χ0v) is 12.3. The molecule has 3 N–H and O–H groups in total. The number of hydrogen-bond donors (Lipinski definition) is 3. The molecule has 1 aliphatic rings. The molecule has 3 rings (SSSR count). The number of hydrogen-bond acceptors (Lipinski definition) is 3. The van der Waals surface area contributed by atoms with E-state index in [1.54, 1.807) is 6.07 Å². The van der Waals surface area contributed by atoms with E-state index in [1.807, 2.05) is 24.3 Å². The number of aliphatic hydroxyl groups excluding tert-OH is 1. The monoisotopic (exact) mass is 285 g/mol. The molecule has 3 nitrogen and oxygen atoms in total. The zero-order valence-electron chi connectivity index (χ0n) is 12.3. The molecule has 0 spiro atoms. The van der Waals surface area contributed by atoms with E-state index in [0.29, 0.717) is 12.3 Å². The molecular formula is C18H23NO2. The van der Waals surface area contributed by atoms with Crippen molar-refractivity contribution in [2.24, 2.45) is 0 Å². The summed E-state index contributed by atoms with van der Waals surface area (Å²) in [5.74, 6) is 0.323. The molecule has 21 heavy (non-hydrogen) atoms. The van der Waals surface area contributed by atoms with Gasteiger partial charge in [-0.1, -0.05) is 49.6 Å². The lowest BCUT2D eigenvalue weighted by atomic mass is 10.0. The van der Waals surface area contributed by atoms with Gasteiger partial charge < -0.3 is 15.5 Å². The SMILES string of the molecule is Oc1ccc2ccccc2c1CNC1CCCCCC1O. The summed E-state index contributed by atoms with van der Waals surface area (Å²) in [4.78, 5) is 0. The minimum Gasteiger partial charge on any atom is -0.508 e. The van der Waals surface area contributed by atoms with Crippen LogP contribution in [0.15, 0.2) is 36.4 Å². The van der Waals surface area contributed by atoms with E-state index in [0.717, 1.165) is 42.0 Å². The van der Waals surface area contributed by atoms with Gasteiger partial charge in [-0.05, 0) is 29.7 Å². The van der Waals surface area contributed by atoms with E-state index in [1.165, 1.54) is 6.42 Å². The first-order chi connectivity index (χ1) is 10.3. The summed E-state index contributed by atoms with van der Waals surface area (Å²) < 4.78 is 0. The van der Waals surface area contributed by atoms with E-state index in [-0.39, 0.29) is 12.1 Å². The fourth-order valence-corrected chi connectivity index (χ4v) is 3.27. The molecule has 0 saturated heterocycles. The smallest absolute Gasteiger partial charge is 0.120 e. The van der Waals surface area contributed by atoms with Gasteiger partial charge in [0.2, 0.25) is 0 Å². The van der Waals surface area contributed by atoms with Crippen molar-refractivity contribution in [3.8, 4) is 5.75 Å². The fraction of sp³-hybridized carbons (Fsp3) is 0.444. The van der Waals surface area contributed by atoms with Crippen molar-refractivity contribution in [2.45, 2.75) is 50.8 Å². The predicted molar refractivity (Wildman–Crippen MR) is 85.3 cm³/mol. The molecule has 3 heteroatoms. The van der Waals surface area contributed by atoms with Crippen molar-refractivity contribution in [1.29, 1.82) is 0 Å². The number of aliphatic hydroxyl groups is 1. The van der Waals surface area contributed by atoms with Crippen molar-refractivity contribution in [2.75, 3.05) is 0 Å². The summed E-state index contributed by atoms with van der Waals surface area (Å²) >= 11 is 0. The van der Waals surface area contributed by atoms with E-state index in [4.69, 9.17) is 0 Å². The van der Waals surface area contributed by atoms with Crippen LogP contribution in [0.5, 0.6) is 5.75 Å². The zero-order chi connectivity index (χ0) is 14.7. The maximum absolute atomic E-state index is 10.2. The van der Waals surface area contributed by atoms with Crippen molar-refractivity contribution in [3.05, 3.63) is 42.0 Å². The van der Waals surface area contributed by atoms with E-state index in [2.05, 4.69) is 11.4 Å². The van der Waals surface area contributed by atoms with Crippen LogP contribution in [0.1, 0.15) is 37.7 Å². The molecule has 0 bridgehead atoms. The third-order valence-electron chi connectivity index (χ3n) is 4.54. The summed E-state index contributed by atoms with van der Waals surface area (Å²) in [6.45, 7) is 0.592. The Morgan fingerprint density at radius 1 is 1.00 bits per heavy atom. The molecule has 2 aromatic rings. The highest BCUT2D eigenvalue weighted by molar-refractivity contribution is 5.87. The quantitative estimate of drug-likeness (QED) is 0.758. The Hall–Kier alpha value is -1.58. The fourth-order valence-electron chi connectivity index (χ4n) is 3.27. The topological polar surface area (TPSA) is 52.5 Å². The highest BCUT2D eigenvalue weighted by Crippen LogP contribution is 2.27. The Bertz CT molecular complexity index is 611. The maximum Gasteiger partial charge on any atom is 0.120 e. The Morgan fingerprint density at radius 3 is 2.71 bits per heavy atom. The second kappa shape index (κ2) is 6.46. The van der Waals surface area contributed by atoms with Gasteiger partial charge in [0.15, 0.2) is 0 Å². The molecular weight excluding hydrogens is 262 g/mol. The summed E-state index contributed by atoms with van der Waals surface area (Å²) in [6, 6.07) is 11.9. The summed E-state index contributed by atoms with van der Waals surface area (Å²) in [5, 5.41) is 26.0. The molecule has 112 valence electrons. The summed E-state index contributed by atoms with van der Waals surface area (Å²) in [6.07, 6.45) is 5.08. The molecule has 0 aromatic heterocycles. The molecule has 1 saturated carbocycles. The van der Waals surface area contributed by atoms with Crippen LogP contribution in [0, 0.1) is 0 Å². The molecule has 1 fully saturated rings. The van der Waals surface area contributed by atoms with Gasteiger partial charge in [0.05, 0.1) is 6.10 Å². The van der Waals surface area contributed by atoms with Crippen LogP contribution in [0.3, 0.4) is 0 Å². The van der Waals surface area contributed by atoms with E-state index >= 15 is 0 Å². The number of benzene rings is 2. The standard InChI is InChI=1S/C18H23NO2/c20-17-11-10-13-6-4-5-7-14(13)15(17)12-19-16-8-2-1-3-9-18(16)21/h4-7,10-11,16,18-21H,1-3,8-9,12H2. The second-order valence-corrected chi connectivity index (χ2v) is 5.98. The molecule has 2 aromatic carbocycles. The van der Waals surface area contributed by atoms with Crippen molar-refractivity contribution in [3.63, 3.8) is 0 Å². The third-order valence-corrected chi connectivity index (χ3v) is 4.54. The lowest BCUT2D eigenvalue weighted by molar-refractivity contribution is 0.119. The Morgan fingerprint density at radius 2 is 1.81 bits per heavy atom. The normalized spacial score (nSPS) is 23.1. The number of nitrogens with one attached hydrogen (secondary N) is 1. The Balaban J connectivity index is 1.79. The molecule has 2 unspecified atom stereocenters. The minimum absolute atomic E-state index is 0.130. The molecule has 2 atom stereocenters. The first kappa shape index (κ1) is 14.4. The van der Waals surface area contributed by atoms with Crippen molar-refractivity contribution >= 4 is 10.8 Å². The van der Waals surface area contributed by atoms with Gasteiger partial charge in [0, 0.05) is 18.2 Å². The summed E-state index contributed by atoms with van der Waals surface area (Å²) in [5.41, 5.74) is 0.921. The lowest BCUT2D eigenvalue weighted by Crippen LogP contribution is -2.38. The predicted octanol–water partition coefficient (Wildman–Crippen LogP) is 3.33. The van der Waals surface area contributed by atoms with Crippen molar-refractivity contribution in [1.82, 2.24) is 5.32 Å². The highest BCUT2D eigenvalue weighted by atomic mass is 16.3. The largest absolute Gasteiger partial charge is 0.508 e. The van der Waals surface area contributed by atoms with Gasteiger partial charge in [-0.15, -0.1) is 0 Å². The number of phenolic OH excluding ortho intramolecular Hbond substituents is 1. The summed E-state index contributed by atoms with van der Waals surface area (Å²) in [7, 11) is 0. The van der Waals surface area contributed by atoms with Crippen LogP contribution >= 0.6 is 0 Å². The number of phenols is 1. The molecule has 0 amide bonds. The third kappa shape index (κ3) is 3.20. The number of aromatic hydroxyl groups is 1. The van der Waals surface area contributed by atoms with Crippen LogP contribution in [-0.4, -0.2) is 22.4 Å². The van der Waals surface area contributed by atoms with Gasteiger partial charge >= 0.3 is 0 Å². The first-order valence-electron chi connectivity index (χ1n) is 7.87.